The van der Waals surface area contributed by atoms with E-state index in [0.717, 1.165) is 23.1 Å². The highest BCUT2D eigenvalue weighted by molar-refractivity contribution is 6.17. The van der Waals surface area contributed by atoms with Gasteiger partial charge in [-0.05, 0) is 12.1 Å². The van der Waals surface area contributed by atoms with Gasteiger partial charge >= 0.3 is 5.69 Å². The lowest BCUT2D eigenvalue weighted by atomic mass is 10.2. The third-order valence-electron chi connectivity index (χ3n) is 2.78. The zero-order valence-electron chi connectivity index (χ0n) is 10.6. The first-order valence-corrected chi connectivity index (χ1v) is 5.87. The number of nitro groups is 1. The maximum Gasteiger partial charge on any atom is 0.312 e. The molecule has 1 aliphatic rings. The van der Waals surface area contributed by atoms with E-state index in [9.17, 15) is 24.8 Å². The Kier molecular flexibility index (Phi) is 3.85. The van der Waals surface area contributed by atoms with Crippen LogP contribution < -0.4 is 5.32 Å². The molecule has 1 heterocycles. The Balaban J connectivity index is 2.22. The van der Waals surface area contributed by atoms with Gasteiger partial charge in [0.2, 0.25) is 0 Å². The summed E-state index contributed by atoms with van der Waals surface area (Å²) in [5.74, 6) is -1.72. The molecule has 0 spiro atoms. The van der Waals surface area contributed by atoms with Gasteiger partial charge in [0.1, 0.15) is 5.70 Å². The largest absolute Gasteiger partial charge is 0.502 e. The lowest BCUT2D eigenvalue weighted by Crippen LogP contribution is -2.34. The maximum absolute atomic E-state index is 11.9. The topological polar surface area (TPSA) is 133 Å². The number of hydrogen-bond donors (Lipinski definition) is 3. The van der Waals surface area contributed by atoms with E-state index in [1.54, 1.807) is 0 Å². The Bertz CT molecular complexity index is 654. The van der Waals surface area contributed by atoms with Crippen LogP contribution in [-0.4, -0.2) is 45.0 Å². The molecule has 3 N–H and O–H groups in total. The average molecular weight is 293 g/mol. The average Bonchev–Trinajstić information content (AvgIpc) is 2.69. The molecule has 2 rings (SSSR count). The van der Waals surface area contributed by atoms with Crippen molar-refractivity contribution in [2.24, 2.45) is 0 Å². The molecule has 9 nitrogen and oxygen atoms in total. The first-order valence-electron chi connectivity index (χ1n) is 5.87. The van der Waals surface area contributed by atoms with E-state index in [1.807, 2.05) is 0 Å². The van der Waals surface area contributed by atoms with Crippen molar-refractivity contribution in [2.45, 2.75) is 0 Å². The third kappa shape index (κ3) is 2.82. The number of carbonyl (C=O) groups is 2. The monoisotopic (exact) mass is 293 g/mol. The third-order valence-corrected chi connectivity index (χ3v) is 2.78. The molecule has 1 aliphatic heterocycles. The fourth-order valence-corrected chi connectivity index (χ4v) is 1.81. The van der Waals surface area contributed by atoms with Crippen molar-refractivity contribution in [3.05, 3.63) is 40.1 Å². The van der Waals surface area contributed by atoms with Crippen molar-refractivity contribution >= 4 is 23.2 Å². The quantitative estimate of drug-likeness (QED) is 0.300. The molecule has 21 heavy (non-hydrogen) atoms. The van der Waals surface area contributed by atoms with Crippen LogP contribution in [0.4, 0.5) is 11.4 Å². The van der Waals surface area contributed by atoms with Gasteiger partial charge in [-0.15, -0.1) is 0 Å². The fraction of sp³-hybridized carbons (Fsp3) is 0.167. The van der Waals surface area contributed by atoms with Gasteiger partial charge in [0.15, 0.2) is 5.75 Å². The number of nitro benzene ring substituents is 1. The van der Waals surface area contributed by atoms with Crippen LogP contribution in [0.1, 0.15) is 0 Å². The van der Waals surface area contributed by atoms with E-state index in [1.165, 1.54) is 6.07 Å². The molecular weight excluding hydrogens is 282 g/mol. The summed E-state index contributed by atoms with van der Waals surface area (Å²) in [7, 11) is 0. The van der Waals surface area contributed by atoms with Crippen LogP contribution in [0.5, 0.6) is 5.75 Å². The van der Waals surface area contributed by atoms with Crippen LogP contribution in [0.15, 0.2) is 30.0 Å². The molecule has 0 aliphatic carbocycles. The molecule has 0 atom stereocenters. The first-order chi connectivity index (χ1) is 9.93. The Morgan fingerprint density at radius 2 is 2.05 bits per heavy atom. The second-order valence-corrected chi connectivity index (χ2v) is 4.16. The lowest BCUT2D eigenvalue weighted by molar-refractivity contribution is -0.385. The molecular formula is C12H11N3O6. The van der Waals surface area contributed by atoms with Crippen molar-refractivity contribution < 1.29 is 24.7 Å². The molecule has 9 heteroatoms. The van der Waals surface area contributed by atoms with Gasteiger partial charge in [0, 0.05) is 17.8 Å². The number of rotatable bonds is 5. The number of carbonyl (C=O) groups excluding carboxylic acids is 2. The SMILES string of the molecule is O=C1C=C(Nc2ccc(O)c([N+](=O)[O-])c2)C(=O)N1CCO. The van der Waals surface area contributed by atoms with Crippen molar-refractivity contribution in [1.29, 1.82) is 0 Å². The summed E-state index contributed by atoms with van der Waals surface area (Å²) in [4.78, 5) is 34.2. The van der Waals surface area contributed by atoms with Gasteiger partial charge < -0.3 is 15.5 Å². The van der Waals surface area contributed by atoms with Crippen LogP contribution in [0.3, 0.4) is 0 Å². The van der Waals surface area contributed by atoms with Crippen LogP contribution in [0.25, 0.3) is 0 Å². The van der Waals surface area contributed by atoms with Gasteiger partial charge in [0.05, 0.1) is 18.1 Å². The highest BCUT2D eigenvalue weighted by atomic mass is 16.6. The predicted octanol–water partition coefficient (Wildman–Crippen LogP) is -0.0427. The molecule has 110 valence electrons. The minimum Gasteiger partial charge on any atom is -0.502 e. The first kappa shape index (κ1) is 14.5. The van der Waals surface area contributed by atoms with Crippen molar-refractivity contribution in [3.8, 4) is 5.75 Å². The Morgan fingerprint density at radius 1 is 1.33 bits per heavy atom. The van der Waals surface area contributed by atoms with E-state index in [2.05, 4.69) is 5.32 Å². The Labute approximate surface area is 118 Å². The summed E-state index contributed by atoms with van der Waals surface area (Å²) in [6.45, 7) is -0.488. The number of β-amino-alcohol motifs (C(OH)–C–C–N with tert-alkyl or cyclic N) is 1. The van der Waals surface area contributed by atoms with Gasteiger partial charge in [-0.1, -0.05) is 0 Å². The van der Waals surface area contributed by atoms with E-state index in [-0.39, 0.29) is 24.5 Å². The standard InChI is InChI=1S/C12H11N3O6/c16-4-3-14-11(18)6-8(12(14)19)13-7-1-2-10(17)9(5-7)15(20)21/h1-2,5-6,13,16-17H,3-4H2. The summed E-state index contributed by atoms with van der Waals surface area (Å²) in [5.41, 5.74) is -0.407. The minimum atomic E-state index is -0.769. The summed E-state index contributed by atoms with van der Waals surface area (Å²) < 4.78 is 0. The van der Waals surface area contributed by atoms with E-state index >= 15 is 0 Å². The normalized spacial score (nSPS) is 14.3. The highest BCUT2D eigenvalue weighted by Gasteiger charge is 2.30. The predicted molar refractivity (Wildman–Crippen MR) is 70.3 cm³/mol. The van der Waals surface area contributed by atoms with Crippen molar-refractivity contribution in [2.75, 3.05) is 18.5 Å². The second kappa shape index (κ2) is 5.59. The zero-order chi connectivity index (χ0) is 15.6. The molecule has 0 saturated heterocycles. The summed E-state index contributed by atoms with van der Waals surface area (Å²) in [5, 5.41) is 31.4. The molecule has 0 bridgehead atoms. The molecule has 0 fully saturated rings. The number of phenolic OH excluding ortho intramolecular Hbond substituents is 1. The van der Waals surface area contributed by atoms with Gasteiger partial charge in [-0.3, -0.25) is 24.6 Å². The number of benzene rings is 1. The van der Waals surface area contributed by atoms with Gasteiger partial charge in [-0.2, -0.15) is 0 Å². The summed E-state index contributed by atoms with van der Waals surface area (Å²) in [6, 6.07) is 3.48. The smallest absolute Gasteiger partial charge is 0.312 e. The number of nitrogens with zero attached hydrogens (tertiary/aromatic N) is 2. The van der Waals surface area contributed by atoms with Gasteiger partial charge in [-0.25, -0.2) is 0 Å². The number of imide groups is 1. The lowest BCUT2D eigenvalue weighted by Gasteiger charge is -2.13. The number of phenols is 1. The van der Waals surface area contributed by atoms with Crippen LogP contribution >= 0.6 is 0 Å². The molecule has 2 amide bonds. The van der Waals surface area contributed by atoms with E-state index in [0.29, 0.717) is 0 Å². The molecule has 0 saturated carbocycles. The Hall–Kier alpha value is -2.94. The van der Waals surface area contributed by atoms with Crippen LogP contribution in [0.2, 0.25) is 0 Å². The van der Waals surface area contributed by atoms with Crippen LogP contribution in [0, 0.1) is 10.1 Å². The number of aliphatic hydroxyl groups excluding tert-OH is 1. The maximum atomic E-state index is 11.9. The molecule has 1 aromatic carbocycles. The van der Waals surface area contributed by atoms with Gasteiger partial charge in [0.25, 0.3) is 11.8 Å². The molecule has 0 unspecified atom stereocenters. The number of aromatic hydroxyl groups is 1. The number of amides is 2. The zero-order valence-corrected chi connectivity index (χ0v) is 10.6. The van der Waals surface area contributed by atoms with Crippen molar-refractivity contribution in [3.63, 3.8) is 0 Å². The number of hydrogen-bond acceptors (Lipinski definition) is 7. The number of aliphatic hydroxyl groups is 1. The summed E-state index contributed by atoms with van der Waals surface area (Å²) in [6.07, 6.45) is 1.04. The molecule has 0 radical (unpaired) electrons. The van der Waals surface area contributed by atoms with Crippen LogP contribution in [-0.2, 0) is 9.59 Å². The van der Waals surface area contributed by atoms with E-state index < -0.39 is 28.2 Å². The summed E-state index contributed by atoms with van der Waals surface area (Å²) >= 11 is 0. The second-order valence-electron chi connectivity index (χ2n) is 4.16. The highest BCUT2D eigenvalue weighted by Crippen LogP contribution is 2.29. The number of anilines is 1. The number of nitrogens with one attached hydrogen (secondary N) is 1. The van der Waals surface area contributed by atoms with Crippen molar-refractivity contribution in [1.82, 2.24) is 4.90 Å². The molecule has 0 aromatic heterocycles. The molecule has 1 aromatic rings. The minimum absolute atomic E-state index is 0.0616. The fourth-order valence-electron chi connectivity index (χ4n) is 1.81. The Morgan fingerprint density at radius 3 is 2.67 bits per heavy atom. The van der Waals surface area contributed by atoms with E-state index in [4.69, 9.17) is 5.11 Å².